The van der Waals surface area contributed by atoms with Gasteiger partial charge in [-0.1, -0.05) is 81.9 Å². The molecule has 0 amide bonds. The number of thiazole rings is 1. The molecule has 36 heavy (non-hydrogen) atoms. The summed E-state index contributed by atoms with van der Waals surface area (Å²) in [5.41, 5.74) is 9.07. The van der Waals surface area contributed by atoms with Gasteiger partial charge >= 0.3 is 0 Å². The predicted molar refractivity (Wildman–Crippen MR) is 150 cm³/mol. The van der Waals surface area contributed by atoms with Crippen LogP contribution in [0.5, 0.6) is 0 Å². The molecule has 0 saturated carbocycles. The Morgan fingerprint density at radius 3 is 2.67 bits per heavy atom. The second-order valence-electron chi connectivity index (χ2n) is 9.37. The van der Waals surface area contributed by atoms with E-state index >= 15 is 0 Å². The van der Waals surface area contributed by atoms with E-state index in [2.05, 4.69) is 88.5 Å². The van der Waals surface area contributed by atoms with Crippen LogP contribution in [0.4, 0.5) is 0 Å². The highest BCUT2D eigenvalue weighted by molar-refractivity contribution is 9.10. The number of H-pyrrole nitrogens is 1. The molecule has 1 atom stereocenters. The SMILES string of the molecule is Cc1[nH]c2ccccc2c1/C=c1/sc2n(c1=O)[C@H](c1ccc(Br)cc1)C1=C(N=2)c2ccccc2CC1. The molecule has 1 aliphatic heterocycles. The standard InChI is InChI=1S/C30H22BrN3OS/c1-17-24(22-8-4-5-9-25(22)32-17)16-26-29(35)34-28(19-10-13-20(31)14-11-19)23-15-12-18-6-2-3-7-21(18)27(23)33-30(34)36-26/h2-11,13-14,16,28,32H,12,15H2,1H3/b26-16+/t28-/m1/s1. The van der Waals surface area contributed by atoms with Gasteiger partial charge in [0.05, 0.1) is 16.3 Å². The van der Waals surface area contributed by atoms with Crippen LogP contribution in [0.3, 0.4) is 0 Å². The van der Waals surface area contributed by atoms with Crippen molar-refractivity contribution in [2.75, 3.05) is 0 Å². The minimum absolute atomic E-state index is 0.0155. The molecule has 0 unspecified atom stereocenters. The first-order chi connectivity index (χ1) is 17.6. The van der Waals surface area contributed by atoms with Crippen LogP contribution in [0.2, 0.25) is 0 Å². The summed E-state index contributed by atoms with van der Waals surface area (Å²) in [5.74, 6) is 0. The van der Waals surface area contributed by atoms with E-state index in [1.54, 1.807) is 0 Å². The molecule has 3 heterocycles. The first-order valence-corrected chi connectivity index (χ1v) is 13.7. The van der Waals surface area contributed by atoms with Gasteiger partial charge in [-0.05, 0) is 60.7 Å². The fourth-order valence-corrected chi connectivity index (χ4v) is 6.83. The highest BCUT2D eigenvalue weighted by Gasteiger charge is 2.32. The highest BCUT2D eigenvalue weighted by Crippen LogP contribution is 2.41. The fourth-order valence-electron chi connectivity index (χ4n) is 5.58. The lowest BCUT2D eigenvalue weighted by Gasteiger charge is -2.30. The topological polar surface area (TPSA) is 50.1 Å². The zero-order valence-electron chi connectivity index (χ0n) is 19.6. The van der Waals surface area contributed by atoms with Crippen molar-refractivity contribution in [2.45, 2.75) is 25.8 Å². The molecule has 0 radical (unpaired) electrons. The van der Waals surface area contributed by atoms with Crippen LogP contribution in [0.25, 0.3) is 22.7 Å². The van der Waals surface area contributed by atoms with Crippen LogP contribution in [0, 0.1) is 6.92 Å². The number of hydrogen-bond acceptors (Lipinski definition) is 3. The number of fused-ring (bicyclic) bond motifs is 4. The summed E-state index contributed by atoms with van der Waals surface area (Å²) in [6, 6.07) is 24.9. The lowest BCUT2D eigenvalue weighted by Crippen LogP contribution is -2.38. The summed E-state index contributed by atoms with van der Waals surface area (Å²) in [6.45, 7) is 2.06. The normalized spacial score (nSPS) is 17.1. The number of nitrogens with zero attached hydrogens (tertiary/aromatic N) is 2. The first kappa shape index (κ1) is 21.8. The summed E-state index contributed by atoms with van der Waals surface area (Å²) >= 11 is 5.05. The lowest BCUT2D eigenvalue weighted by atomic mass is 9.83. The van der Waals surface area contributed by atoms with Crippen molar-refractivity contribution in [3.63, 3.8) is 0 Å². The smallest absolute Gasteiger partial charge is 0.271 e. The highest BCUT2D eigenvalue weighted by atomic mass is 79.9. The van der Waals surface area contributed by atoms with Gasteiger partial charge in [-0.2, -0.15) is 0 Å². The Labute approximate surface area is 220 Å². The monoisotopic (exact) mass is 551 g/mol. The van der Waals surface area contributed by atoms with E-state index in [1.807, 2.05) is 22.8 Å². The van der Waals surface area contributed by atoms with E-state index < -0.39 is 0 Å². The number of halogens is 1. The van der Waals surface area contributed by atoms with Crippen LogP contribution in [0.15, 0.2) is 92.6 Å². The number of aromatic nitrogens is 2. The van der Waals surface area contributed by atoms with Crippen LogP contribution in [0.1, 0.15) is 40.4 Å². The summed E-state index contributed by atoms with van der Waals surface area (Å²) in [7, 11) is 0. The molecule has 6 heteroatoms. The molecular weight excluding hydrogens is 530 g/mol. The Morgan fingerprint density at radius 1 is 1.03 bits per heavy atom. The average molecular weight is 552 g/mol. The lowest BCUT2D eigenvalue weighted by molar-refractivity contribution is 0.585. The minimum atomic E-state index is -0.163. The van der Waals surface area contributed by atoms with Crippen LogP contribution >= 0.6 is 27.3 Å². The van der Waals surface area contributed by atoms with E-state index in [4.69, 9.17) is 4.99 Å². The number of para-hydroxylation sites is 1. The van der Waals surface area contributed by atoms with Crippen molar-refractivity contribution in [2.24, 2.45) is 4.99 Å². The molecule has 0 spiro atoms. The zero-order valence-corrected chi connectivity index (χ0v) is 22.0. The largest absolute Gasteiger partial charge is 0.358 e. The number of hydrogen-bond donors (Lipinski definition) is 1. The Morgan fingerprint density at radius 2 is 1.81 bits per heavy atom. The average Bonchev–Trinajstić information content (AvgIpc) is 3.39. The van der Waals surface area contributed by atoms with Gasteiger partial charge in [0.25, 0.3) is 5.56 Å². The molecule has 3 aromatic carbocycles. The third-order valence-electron chi connectivity index (χ3n) is 7.28. The van der Waals surface area contributed by atoms with Gasteiger partial charge in [-0.3, -0.25) is 9.36 Å². The maximum absolute atomic E-state index is 14.0. The Kier molecular flexibility index (Phi) is 5.01. The molecule has 1 N–H and O–H groups in total. The summed E-state index contributed by atoms with van der Waals surface area (Å²) in [6.07, 6.45) is 3.88. The van der Waals surface area contributed by atoms with E-state index in [9.17, 15) is 4.79 Å². The molecule has 0 saturated heterocycles. The number of aryl methyl sites for hydroxylation is 2. The molecule has 7 rings (SSSR count). The number of benzene rings is 3. The minimum Gasteiger partial charge on any atom is -0.358 e. The second-order valence-corrected chi connectivity index (χ2v) is 11.3. The Bertz CT molecular complexity index is 1890. The van der Waals surface area contributed by atoms with Crippen molar-refractivity contribution in [1.29, 1.82) is 0 Å². The van der Waals surface area contributed by atoms with E-state index in [-0.39, 0.29) is 11.6 Å². The van der Waals surface area contributed by atoms with Crippen molar-refractivity contribution in [3.8, 4) is 0 Å². The summed E-state index contributed by atoms with van der Waals surface area (Å²) in [5, 5.41) is 1.12. The predicted octanol–water partition coefficient (Wildman–Crippen LogP) is 5.87. The number of nitrogens with one attached hydrogen (secondary N) is 1. The van der Waals surface area contributed by atoms with E-state index in [0.29, 0.717) is 4.53 Å². The fraction of sp³-hybridized carbons (Fsp3) is 0.133. The van der Waals surface area contributed by atoms with Gasteiger partial charge in [-0.25, -0.2) is 4.99 Å². The van der Waals surface area contributed by atoms with Gasteiger partial charge in [0, 0.05) is 32.2 Å². The van der Waals surface area contributed by atoms with Crippen LogP contribution in [-0.2, 0) is 6.42 Å². The van der Waals surface area contributed by atoms with Gasteiger partial charge in [0.1, 0.15) is 0 Å². The third kappa shape index (κ3) is 3.32. The van der Waals surface area contributed by atoms with Crippen molar-refractivity contribution < 1.29 is 0 Å². The maximum Gasteiger partial charge on any atom is 0.271 e. The molecule has 0 bridgehead atoms. The first-order valence-electron chi connectivity index (χ1n) is 12.0. The van der Waals surface area contributed by atoms with Crippen molar-refractivity contribution in [3.05, 3.63) is 130 Å². The number of allylic oxidation sites excluding steroid dienone is 1. The van der Waals surface area contributed by atoms with Crippen LogP contribution < -0.4 is 14.9 Å². The second kappa shape index (κ2) is 8.29. The third-order valence-corrected chi connectivity index (χ3v) is 8.79. The summed E-state index contributed by atoms with van der Waals surface area (Å²) in [4.78, 5) is 23.3. The summed E-state index contributed by atoms with van der Waals surface area (Å²) < 4.78 is 3.64. The molecule has 0 fully saturated rings. The quantitative estimate of drug-likeness (QED) is 0.293. The molecule has 176 valence electrons. The number of rotatable bonds is 2. The zero-order chi connectivity index (χ0) is 24.4. The van der Waals surface area contributed by atoms with Gasteiger partial charge in [0.15, 0.2) is 4.80 Å². The van der Waals surface area contributed by atoms with Gasteiger partial charge in [-0.15, -0.1) is 0 Å². The molecule has 2 aliphatic rings. The Balaban J connectivity index is 1.51. The molecule has 2 aromatic heterocycles. The molecule has 5 aromatic rings. The van der Waals surface area contributed by atoms with Gasteiger partial charge in [0.2, 0.25) is 0 Å². The van der Waals surface area contributed by atoms with Crippen LogP contribution in [-0.4, -0.2) is 9.55 Å². The van der Waals surface area contributed by atoms with E-state index in [0.717, 1.165) is 55.5 Å². The maximum atomic E-state index is 14.0. The Hall–Kier alpha value is -3.48. The van der Waals surface area contributed by atoms with E-state index in [1.165, 1.54) is 28.0 Å². The van der Waals surface area contributed by atoms with Crippen molar-refractivity contribution >= 4 is 49.9 Å². The molecule has 4 nitrogen and oxygen atoms in total. The van der Waals surface area contributed by atoms with Crippen molar-refractivity contribution in [1.82, 2.24) is 9.55 Å². The molecule has 1 aliphatic carbocycles. The van der Waals surface area contributed by atoms with Gasteiger partial charge < -0.3 is 4.98 Å². The molecular formula is C30H22BrN3OS. The number of aromatic amines is 1.